The number of hydrogen-bond acceptors (Lipinski definition) is 2. The molecule has 0 unspecified atom stereocenters. The van der Waals surface area contributed by atoms with Crippen LogP contribution in [-0.2, 0) is 11.2 Å². The van der Waals surface area contributed by atoms with Gasteiger partial charge in [0, 0.05) is 0 Å². The maximum Gasteiger partial charge on any atom is 0.309 e. The summed E-state index contributed by atoms with van der Waals surface area (Å²) < 4.78 is 5.37. The van der Waals surface area contributed by atoms with Gasteiger partial charge in [0.25, 0.3) is 0 Å². The molecule has 1 aromatic rings. The van der Waals surface area contributed by atoms with Gasteiger partial charge >= 0.3 is 5.97 Å². The highest BCUT2D eigenvalue weighted by Crippen LogP contribution is 2.50. The lowest BCUT2D eigenvalue weighted by Crippen LogP contribution is -2.18. The molecule has 0 bridgehead atoms. The van der Waals surface area contributed by atoms with Crippen LogP contribution in [0.5, 0.6) is 5.75 Å². The van der Waals surface area contributed by atoms with Gasteiger partial charge in [-0.3, -0.25) is 4.79 Å². The fraction of sp³-hybridized carbons (Fsp3) is 0.500. The maximum atomic E-state index is 11.2. The first-order chi connectivity index (χ1) is 7.98. The Balaban J connectivity index is 2.35. The average Bonchev–Trinajstić information content (AvgIpc) is 3.02. The molecule has 0 amide bonds. The Hall–Kier alpha value is -1.51. The Morgan fingerprint density at radius 2 is 2.06 bits per heavy atom. The Bertz CT molecular complexity index is 459. The van der Waals surface area contributed by atoms with E-state index in [4.69, 9.17) is 4.74 Å². The highest BCUT2D eigenvalue weighted by molar-refractivity contribution is 5.78. The lowest BCUT2D eigenvalue weighted by Gasteiger charge is -2.16. The van der Waals surface area contributed by atoms with Crippen molar-refractivity contribution in [3.63, 3.8) is 0 Å². The summed E-state index contributed by atoms with van der Waals surface area (Å²) in [6, 6.07) is 4.05. The second kappa shape index (κ2) is 4.06. The van der Waals surface area contributed by atoms with E-state index >= 15 is 0 Å². The van der Waals surface area contributed by atoms with Crippen LogP contribution in [0.4, 0.5) is 0 Å². The van der Waals surface area contributed by atoms with Crippen molar-refractivity contribution in [2.45, 2.75) is 33.1 Å². The smallest absolute Gasteiger partial charge is 0.309 e. The zero-order valence-corrected chi connectivity index (χ0v) is 10.5. The third-order valence-corrected chi connectivity index (χ3v) is 3.62. The minimum atomic E-state index is -0.681. The van der Waals surface area contributed by atoms with E-state index in [0.29, 0.717) is 6.42 Å². The van der Waals surface area contributed by atoms with Crippen molar-refractivity contribution in [3.05, 3.63) is 28.8 Å². The first-order valence-corrected chi connectivity index (χ1v) is 5.86. The van der Waals surface area contributed by atoms with E-state index in [2.05, 4.69) is 6.07 Å². The number of ether oxygens (including phenoxy) is 1. The molecule has 1 saturated carbocycles. The molecule has 0 radical (unpaired) electrons. The van der Waals surface area contributed by atoms with E-state index in [1.807, 2.05) is 19.9 Å². The number of aliphatic carboxylic acids is 1. The van der Waals surface area contributed by atoms with Gasteiger partial charge in [-0.15, -0.1) is 0 Å². The van der Waals surface area contributed by atoms with Gasteiger partial charge in [-0.1, -0.05) is 6.07 Å². The largest absolute Gasteiger partial charge is 0.496 e. The van der Waals surface area contributed by atoms with E-state index in [1.54, 1.807) is 7.11 Å². The molecule has 0 aliphatic heterocycles. The molecule has 1 aliphatic rings. The van der Waals surface area contributed by atoms with Crippen LogP contribution in [-0.4, -0.2) is 18.2 Å². The van der Waals surface area contributed by atoms with Crippen molar-refractivity contribution in [2.75, 3.05) is 7.11 Å². The van der Waals surface area contributed by atoms with Gasteiger partial charge < -0.3 is 9.84 Å². The minimum absolute atomic E-state index is 0.534. The lowest BCUT2D eigenvalue weighted by molar-refractivity contribution is -0.143. The summed E-state index contributed by atoms with van der Waals surface area (Å²) in [7, 11) is 1.64. The quantitative estimate of drug-likeness (QED) is 0.871. The fourth-order valence-corrected chi connectivity index (χ4v) is 2.32. The molecule has 1 N–H and O–H groups in total. The molecule has 3 nitrogen and oxygen atoms in total. The predicted molar refractivity (Wildman–Crippen MR) is 65.5 cm³/mol. The number of aryl methyl sites for hydroxylation is 2. The Kier molecular flexibility index (Phi) is 2.86. The van der Waals surface area contributed by atoms with Crippen molar-refractivity contribution < 1.29 is 14.6 Å². The van der Waals surface area contributed by atoms with Crippen molar-refractivity contribution in [3.8, 4) is 5.75 Å². The molecule has 3 heteroatoms. The molecule has 2 rings (SSSR count). The van der Waals surface area contributed by atoms with E-state index in [9.17, 15) is 9.90 Å². The highest BCUT2D eigenvalue weighted by atomic mass is 16.5. The summed E-state index contributed by atoms with van der Waals surface area (Å²) in [5.41, 5.74) is 2.77. The van der Waals surface area contributed by atoms with E-state index in [-0.39, 0.29) is 0 Å². The molecule has 1 fully saturated rings. The summed E-state index contributed by atoms with van der Waals surface area (Å²) in [6.45, 7) is 4.03. The van der Waals surface area contributed by atoms with Gasteiger partial charge in [0.05, 0.1) is 12.5 Å². The van der Waals surface area contributed by atoms with Gasteiger partial charge in [-0.25, -0.2) is 0 Å². The van der Waals surface area contributed by atoms with Crippen LogP contribution < -0.4 is 4.74 Å². The number of carboxylic acid groups (broad SMARTS) is 1. The summed E-state index contributed by atoms with van der Waals surface area (Å²) in [5, 5.41) is 9.23. The van der Waals surface area contributed by atoms with Crippen LogP contribution in [0.25, 0.3) is 0 Å². The summed E-state index contributed by atoms with van der Waals surface area (Å²) in [5.74, 6) is 0.134. The molecule has 1 aliphatic carbocycles. The van der Waals surface area contributed by atoms with Gasteiger partial charge in [0.15, 0.2) is 0 Å². The van der Waals surface area contributed by atoms with E-state index in [1.165, 1.54) is 0 Å². The van der Waals surface area contributed by atoms with Crippen LogP contribution in [0.15, 0.2) is 12.1 Å². The molecular weight excluding hydrogens is 216 g/mol. The fourth-order valence-electron chi connectivity index (χ4n) is 2.32. The first-order valence-electron chi connectivity index (χ1n) is 5.86. The number of carbonyl (C=O) groups is 1. The standard InChI is InChI=1S/C14H18O3/c1-9-6-10(2)11(12(7-9)17-3)8-14(4-5-14)13(15)16/h6-7H,4-5,8H2,1-3H3,(H,15,16). The van der Waals surface area contributed by atoms with Crippen LogP contribution >= 0.6 is 0 Å². The van der Waals surface area contributed by atoms with Crippen molar-refractivity contribution >= 4 is 5.97 Å². The summed E-state index contributed by atoms with van der Waals surface area (Å²) in [4.78, 5) is 11.2. The number of hydrogen-bond donors (Lipinski definition) is 1. The first kappa shape index (κ1) is 12.0. The second-order valence-electron chi connectivity index (χ2n) is 5.02. The number of rotatable bonds is 4. The zero-order valence-electron chi connectivity index (χ0n) is 10.5. The Morgan fingerprint density at radius 3 is 2.53 bits per heavy atom. The predicted octanol–water partition coefficient (Wildman–Crippen LogP) is 2.72. The van der Waals surface area contributed by atoms with Crippen molar-refractivity contribution in [2.24, 2.45) is 5.41 Å². The van der Waals surface area contributed by atoms with E-state index < -0.39 is 11.4 Å². The van der Waals surface area contributed by atoms with Gasteiger partial charge in [0.2, 0.25) is 0 Å². The Labute approximate surface area is 101 Å². The Morgan fingerprint density at radius 1 is 1.41 bits per heavy atom. The number of methoxy groups -OCH3 is 1. The number of benzene rings is 1. The zero-order chi connectivity index (χ0) is 12.6. The van der Waals surface area contributed by atoms with Crippen LogP contribution in [0.3, 0.4) is 0 Å². The SMILES string of the molecule is COc1cc(C)cc(C)c1CC1(C(=O)O)CC1. The maximum absolute atomic E-state index is 11.2. The molecule has 0 aromatic heterocycles. The lowest BCUT2D eigenvalue weighted by atomic mass is 9.92. The molecule has 1 aromatic carbocycles. The minimum Gasteiger partial charge on any atom is -0.496 e. The molecule has 17 heavy (non-hydrogen) atoms. The molecule has 92 valence electrons. The van der Waals surface area contributed by atoms with Crippen LogP contribution in [0, 0.1) is 19.3 Å². The molecule has 0 saturated heterocycles. The normalized spacial score (nSPS) is 16.6. The molecule has 0 atom stereocenters. The number of carboxylic acids is 1. The van der Waals surface area contributed by atoms with Crippen molar-refractivity contribution in [1.82, 2.24) is 0 Å². The molecule has 0 spiro atoms. The topological polar surface area (TPSA) is 46.5 Å². The third-order valence-electron chi connectivity index (χ3n) is 3.62. The van der Waals surface area contributed by atoms with Gasteiger partial charge in [0.1, 0.15) is 5.75 Å². The van der Waals surface area contributed by atoms with E-state index in [0.717, 1.165) is 35.3 Å². The van der Waals surface area contributed by atoms with Crippen LogP contribution in [0.2, 0.25) is 0 Å². The second-order valence-corrected chi connectivity index (χ2v) is 5.02. The summed E-state index contributed by atoms with van der Waals surface area (Å²) >= 11 is 0. The molecular formula is C14H18O3. The summed E-state index contributed by atoms with van der Waals surface area (Å²) in [6.07, 6.45) is 2.13. The van der Waals surface area contributed by atoms with Crippen LogP contribution in [0.1, 0.15) is 29.5 Å². The van der Waals surface area contributed by atoms with Crippen molar-refractivity contribution in [1.29, 1.82) is 0 Å². The molecule has 0 heterocycles. The monoisotopic (exact) mass is 234 g/mol. The average molecular weight is 234 g/mol. The highest BCUT2D eigenvalue weighted by Gasteiger charge is 2.50. The van der Waals surface area contributed by atoms with Gasteiger partial charge in [-0.2, -0.15) is 0 Å². The van der Waals surface area contributed by atoms with Gasteiger partial charge in [-0.05, 0) is 55.9 Å². The third kappa shape index (κ3) is 2.14.